The van der Waals surface area contributed by atoms with E-state index in [2.05, 4.69) is 10.4 Å². The van der Waals surface area contributed by atoms with Gasteiger partial charge in [0.15, 0.2) is 5.82 Å². The van der Waals surface area contributed by atoms with Gasteiger partial charge in [-0.25, -0.2) is 4.79 Å². The van der Waals surface area contributed by atoms with Crippen molar-refractivity contribution >= 4 is 24.5 Å². The van der Waals surface area contributed by atoms with E-state index < -0.39 is 18.8 Å². The molecule has 0 aliphatic carbocycles. The van der Waals surface area contributed by atoms with Crippen LogP contribution in [0.5, 0.6) is 0 Å². The van der Waals surface area contributed by atoms with Crippen molar-refractivity contribution < 1.29 is 19.6 Å². The minimum absolute atomic E-state index is 0.0664. The summed E-state index contributed by atoms with van der Waals surface area (Å²) in [5, 5.41) is 24.4. The average Bonchev–Trinajstić information content (AvgIpc) is 2.42. The molecule has 8 heteroatoms. The molecule has 1 aromatic heterocycles. The molecular weight excluding hydrogens is 225 g/mol. The third kappa shape index (κ3) is 4.08. The Morgan fingerprint density at radius 3 is 2.59 bits per heavy atom. The number of anilines is 1. The van der Waals surface area contributed by atoms with E-state index in [0.717, 1.165) is 0 Å². The summed E-state index contributed by atoms with van der Waals surface area (Å²) in [6, 6.07) is 0. The van der Waals surface area contributed by atoms with Crippen molar-refractivity contribution in [1.82, 2.24) is 9.78 Å². The number of amides is 1. The fourth-order valence-corrected chi connectivity index (χ4v) is 1.19. The van der Waals surface area contributed by atoms with Crippen LogP contribution in [0, 0.1) is 0 Å². The minimum Gasteiger partial charge on any atom is -0.444 e. The first kappa shape index (κ1) is 13.5. The predicted octanol–water partition coefficient (Wildman–Crippen LogP) is -0.553. The van der Waals surface area contributed by atoms with Crippen LogP contribution >= 0.6 is 0 Å². The molecule has 17 heavy (non-hydrogen) atoms. The van der Waals surface area contributed by atoms with E-state index in [1.54, 1.807) is 27.8 Å². The third-order valence-electron chi connectivity index (χ3n) is 1.75. The number of carbonyl (C=O) groups is 1. The standard InChI is InChI=1S/C9H16BN3O4/c1-9(2,3)17-8(14)11-7-6(10(15)16)5-13(4)12-7/h5,15-16H,1-4H3,(H,11,12,14). The van der Waals surface area contributed by atoms with Crippen LogP contribution in [0.2, 0.25) is 0 Å². The second kappa shape index (κ2) is 4.76. The van der Waals surface area contributed by atoms with Crippen LogP contribution in [0.3, 0.4) is 0 Å². The molecule has 1 amide bonds. The Balaban J connectivity index is 2.78. The van der Waals surface area contributed by atoms with Gasteiger partial charge in [0.1, 0.15) is 5.60 Å². The van der Waals surface area contributed by atoms with Gasteiger partial charge in [0.2, 0.25) is 0 Å². The fraction of sp³-hybridized carbons (Fsp3) is 0.556. The second-order valence-electron chi connectivity index (χ2n) is 4.61. The topological polar surface area (TPSA) is 96.6 Å². The van der Waals surface area contributed by atoms with Crippen LogP contribution in [0.4, 0.5) is 10.6 Å². The van der Waals surface area contributed by atoms with E-state index >= 15 is 0 Å². The molecule has 0 saturated heterocycles. The Morgan fingerprint density at radius 2 is 2.12 bits per heavy atom. The first-order chi connectivity index (χ1) is 7.69. The van der Waals surface area contributed by atoms with Crippen LogP contribution in [-0.4, -0.2) is 38.6 Å². The molecule has 0 radical (unpaired) electrons. The first-order valence-corrected chi connectivity index (χ1v) is 5.09. The molecule has 0 aliphatic rings. The molecule has 1 rings (SSSR count). The molecule has 3 N–H and O–H groups in total. The summed E-state index contributed by atoms with van der Waals surface area (Å²) < 4.78 is 6.39. The largest absolute Gasteiger partial charge is 0.493 e. The monoisotopic (exact) mass is 241 g/mol. The zero-order valence-corrected chi connectivity index (χ0v) is 10.3. The molecule has 0 bridgehead atoms. The average molecular weight is 241 g/mol. The van der Waals surface area contributed by atoms with Gasteiger partial charge in [0, 0.05) is 18.7 Å². The van der Waals surface area contributed by atoms with Crippen molar-refractivity contribution in [2.75, 3.05) is 5.32 Å². The second-order valence-corrected chi connectivity index (χ2v) is 4.61. The summed E-state index contributed by atoms with van der Waals surface area (Å²) in [5.74, 6) is 0.0664. The van der Waals surface area contributed by atoms with E-state index in [9.17, 15) is 4.79 Å². The maximum atomic E-state index is 11.5. The lowest BCUT2D eigenvalue weighted by atomic mass is 9.82. The zero-order chi connectivity index (χ0) is 13.2. The van der Waals surface area contributed by atoms with Crippen molar-refractivity contribution in [2.24, 2.45) is 7.05 Å². The highest BCUT2D eigenvalue weighted by molar-refractivity contribution is 6.60. The normalized spacial score (nSPS) is 11.2. The molecule has 0 unspecified atom stereocenters. The molecular formula is C9H16BN3O4. The maximum absolute atomic E-state index is 11.5. The Labute approximate surface area is 99.5 Å². The molecule has 0 spiro atoms. The van der Waals surface area contributed by atoms with Crippen LogP contribution < -0.4 is 10.8 Å². The lowest BCUT2D eigenvalue weighted by molar-refractivity contribution is 0.0635. The highest BCUT2D eigenvalue weighted by Gasteiger charge is 2.23. The lowest BCUT2D eigenvalue weighted by Gasteiger charge is -2.19. The molecule has 0 aromatic carbocycles. The molecule has 0 fully saturated rings. The number of rotatable bonds is 2. The van der Waals surface area contributed by atoms with Crippen molar-refractivity contribution in [3.8, 4) is 0 Å². The van der Waals surface area contributed by atoms with Crippen molar-refractivity contribution in [2.45, 2.75) is 26.4 Å². The van der Waals surface area contributed by atoms with Gasteiger partial charge in [-0.2, -0.15) is 5.10 Å². The summed E-state index contributed by atoms with van der Waals surface area (Å²) >= 11 is 0. The van der Waals surface area contributed by atoms with Gasteiger partial charge in [-0.3, -0.25) is 10.00 Å². The first-order valence-electron chi connectivity index (χ1n) is 5.09. The molecule has 1 heterocycles. The van der Waals surface area contributed by atoms with Gasteiger partial charge in [-0.1, -0.05) is 0 Å². The van der Waals surface area contributed by atoms with Gasteiger partial charge in [0.25, 0.3) is 0 Å². The van der Waals surface area contributed by atoms with Gasteiger partial charge >= 0.3 is 13.2 Å². The maximum Gasteiger partial charge on any atom is 0.493 e. The van der Waals surface area contributed by atoms with Gasteiger partial charge < -0.3 is 14.8 Å². The highest BCUT2D eigenvalue weighted by Crippen LogP contribution is 2.09. The molecule has 0 atom stereocenters. The van der Waals surface area contributed by atoms with E-state index in [1.165, 1.54) is 10.9 Å². The summed E-state index contributed by atoms with van der Waals surface area (Å²) in [4.78, 5) is 11.5. The van der Waals surface area contributed by atoms with E-state index in [-0.39, 0.29) is 11.3 Å². The molecule has 7 nitrogen and oxygen atoms in total. The van der Waals surface area contributed by atoms with E-state index in [0.29, 0.717) is 0 Å². The highest BCUT2D eigenvalue weighted by atomic mass is 16.6. The van der Waals surface area contributed by atoms with E-state index in [1.807, 2.05) is 0 Å². The Hall–Kier alpha value is -1.54. The summed E-state index contributed by atoms with van der Waals surface area (Å²) in [6.07, 6.45) is 0.704. The number of nitrogens with one attached hydrogen (secondary N) is 1. The minimum atomic E-state index is -1.70. The fourth-order valence-electron chi connectivity index (χ4n) is 1.19. The number of hydrogen-bond donors (Lipinski definition) is 3. The third-order valence-corrected chi connectivity index (χ3v) is 1.75. The van der Waals surface area contributed by atoms with Crippen molar-refractivity contribution in [3.05, 3.63) is 6.20 Å². The zero-order valence-electron chi connectivity index (χ0n) is 10.3. The quantitative estimate of drug-likeness (QED) is 0.603. The molecule has 1 aromatic rings. The molecule has 0 saturated carbocycles. The van der Waals surface area contributed by atoms with Gasteiger partial charge in [-0.15, -0.1) is 0 Å². The lowest BCUT2D eigenvalue weighted by Crippen LogP contribution is -2.34. The Morgan fingerprint density at radius 1 is 1.53 bits per heavy atom. The van der Waals surface area contributed by atoms with E-state index in [4.69, 9.17) is 14.8 Å². The number of carbonyl (C=O) groups excluding carboxylic acids is 1. The number of aryl methyl sites for hydroxylation is 1. The van der Waals surface area contributed by atoms with Crippen LogP contribution in [0.1, 0.15) is 20.8 Å². The number of aromatic nitrogens is 2. The number of hydrogen-bond acceptors (Lipinski definition) is 5. The van der Waals surface area contributed by atoms with Crippen LogP contribution in [0.15, 0.2) is 6.20 Å². The molecule has 0 aliphatic heterocycles. The summed E-state index contributed by atoms with van der Waals surface area (Å²) in [6.45, 7) is 5.19. The summed E-state index contributed by atoms with van der Waals surface area (Å²) in [7, 11) is -0.0970. The number of ether oxygens (including phenoxy) is 1. The Kier molecular flexibility index (Phi) is 3.79. The van der Waals surface area contributed by atoms with Gasteiger partial charge in [0.05, 0.1) is 0 Å². The van der Waals surface area contributed by atoms with Crippen LogP contribution in [0.25, 0.3) is 0 Å². The van der Waals surface area contributed by atoms with Crippen molar-refractivity contribution in [3.63, 3.8) is 0 Å². The number of nitrogens with zero attached hydrogens (tertiary/aromatic N) is 2. The Bertz CT molecular complexity index is 411. The summed E-state index contributed by atoms with van der Waals surface area (Å²) in [5.41, 5.74) is -0.519. The smallest absolute Gasteiger partial charge is 0.444 e. The van der Waals surface area contributed by atoms with Gasteiger partial charge in [-0.05, 0) is 20.8 Å². The molecule has 94 valence electrons. The van der Waals surface area contributed by atoms with Crippen molar-refractivity contribution in [1.29, 1.82) is 0 Å². The SMILES string of the molecule is Cn1cc(B(O)O)c(NC(=O)OC(C)(C)C)n1. The predicted molar refractivity (Wildman–Crippen MR) is 62.9 cm³/mol. The van der Waals surface area contributed by atoms with Crippen LogP contribution in [-0.2, 0) is 11.8 Å².